The van der Waals surface area contributed by atoms with Crippen LogP contribution in [0.4, 0.5) is 34.1 Å². The maximum absolute atomic E-state index is 5.71. The van der Waals surface area contributed by atoms with Gasteiger partial charge in [0.1, 0.15) is 0 Å². The van der Waals surface area contributed by atoms with Gasteiger partial charge in [-0.25, -0.2) is 15.0 Å². The first-order valence-corrected chi connectivity index (χ1v) is 29.5. The molecular formula is C77H70BN5. The van der Waals surface area contributed by atoms with E-state index in [1.807, 2.05) is 0 Å². The van der Waals surface area contributed by atoms with Gasteiger partial charge < -0.3 is 9.80 Å². The van der Waals surface area contributed by atoms with Crippen molar-refractivity contribution in [3.63, 3.8) is 0 Å². The van der Waals surface area contributed by atoms with E-state index < -0.39 is 0 Å². The smallest absolute Gasteiger partial charge is 0.252 e. The van der Waals surface area contributed by atoms with Gasteiger partial charge in [-0.1, -0.05) is 192 Å². The maximum atomic E-state index is 5.71. The van der Waals surface area contributed by atoms with Crippen molar-refractivity contribution < 1.29 is 0 Å². The number of benzene rings is 11. The summed E-state index contributed by atoms with van der Waals surface area (Å²) in [5.74, 6) is 1.92. The normalized spacial score (nSPS) is 13.5. The van der Waals surface area contributed by atoms with Crippen molar-refractivity contribution >= 4 is 100 Å². The number of rotatable bonds is 5. The standard InChI is InChI=1S/C77H70BN5/c1-74(2,3)58-35-55(36-59(45-58)75(4,5)6)71-79-72(56-37-60(76(7,8)9)46-61(38-56)77(10,11)12)81-73(80-71)57-43-68-70-69(44-57)83(63-29-17-14-18-30-63)67-42-54-34-50-26-22-20-24-48(50)32-52(54)40-65(67)78(70)64-39-51-31-47-23-19-21-25-49(47)33-53(51)41-66(64)82(68)62-27-15-13-16-28-62/h13-46H,1-12H3. The zero-order valence-corrected chi connectivity index (χ0v) is 49.9. The molecule has 0 amide bonds. The first kappa shape index (κ1) is 52.2. The minimum atomic E-state index is -0.137. The summed E-state index contributed by atoms with van der Waals surface area (Å²) in [5.41, 5.74) is 17.7. The summed E-state index contributed by atoms with van der Waals surface area (Å²) in [4.78, 5) is 22.0. The zero-order valence-electron chi connectivity index (χ0n) is 49.9. The molecule has 406 valence electrons. The number of aromatic nitrogens is 3. The van der Waals surface area contributed by atoms with Crippen LogP contribution >= 0.6 is 0 Å². The minimum absolute atomic E-state index is 0.125. The molecule has 0 radical (unpaired) electrons. The topological polar surface area (TPSA) is 45.2 Å². The van der Waals surface area contributed by atoms with E-state index >= 15 is 0 Å². The first-order valence-electron chi connectivity index (χ1n) is 29.5. The SMILES string of the molecule is CC(C)(C)c1cc(-c2nc(-c3cc(C(C)(C)C)cc(C(C)(C)C)c3)nc(-c3cc4c5c(c3)N(c3ccccc3)c3cc6cc7ccccc7cc6cc3B5c3cc5cc6ccccc6cc5cc3N4c3ccccc3)n2)cc(C(C)(C)C)c1. The molecule has 0 fully saturated rings. The van der Waals surface area contributed by atoms with E-state index in [0.717, 1.165) is 50.8 Å². The largest absolute Gasteiger partial charge is 0.311 e. The number of fused-ring (bicyclic) bond motifs is 8. The Morgan fingerprint density at radius 2 is 0.566 bits per heavy atom. The molecule has 0 N–H and O–H groups in total. The van der Waals surface area contributed by atoms with Gasteiger partial charge in [0, 0.05) is 50.8 Å². The van der Waals surface area contributed by atoms with Gasteiger partial charge in [0.2, 0.25) is 0 Å². The van der Waals surface area contributed by atoms with Crippen molar-refractivity contribution in [3.8, 4) is 34.2 Å². The summed E-state index contributed by atoms with van der Waals surface area (Å²) in [6.45, 7) is 27.4. The lowest BCUT2D eigenvalue weighted by molar-refractivity contribution is 0.568. The van der Waals surface area contributed by atoms with Gasteiger partial charge in [-0.15, -0.1) is 0 Å². The van der Waals surface area contributed by atoms with Gasteiger partial charge >= 0.3 is 0 Å². The molecule has 0 saturated carbocycles. The van der Waals surface area contributed by atoms with Gasteiger partial charge in [-0.2, -0.15) is 0 Å². The summed E-state index contributed by atoms with van der Waals surface area (Å²) >= 11 is 0. The number of anilines is 6. The highest BCUT2D eigenvalue weighted by Gasteiger charge is 2.44. The average Bonchev–Trinajstić information content (AvgIpc) is 1.22. The fourth-order valence-corrected chi connectivity index (χ4v) is 12.7. The molecule has 11 aromatic carbocycles. The molecule has 0 aliphatic carbocycles. The molecule has 0 saturated heterocycles. The summed E-state index contributed by atoms with van der Waals surface area (Å²) in [7, 11) is 0. The van der Waals surface area contributed by atoms with Crippen LogP contribution in [0, 0.1) is 0 Å². The quantitative estimate of drug-likeness (QED) is 0.127. The van der Waals surface area contributed by atoms with E-state index in [-0.39, 0.29) is 28.4 Å². The minimum Gasteiger partial charge on any atom is -0.311 e. The van der Waals surface area contributed by atoms with Gasteiger partial charge in [0.05, 0.1) is 0 Å². The molecule has 5 nitrogen and oxygen atoms in total. The van der Waals surface area contributed by atoms with E-state index in [1.54, 1.807) is 0 Å². The third kappa shape index (κ3) is 9.15. The summed E-state index contributed by atoms with van der Waals surface area (Å²) < 4.78 is 0. The van der Waals surface area contributed by atoms with E-state index in [2.05, 4.69) is 299 Å². The molecule has 6 heteroatoms. The van der Waals surface area contributed by atoms with Crippen LogP contribution in [0.25, 0.3) is 77.3 Å². The van der Waals surface area contributed by atoms with E-state index in [4.69, 9.17) is 15.0 Å². The lowest BCUT2D eigenvalue weighted by atomic mass is 9.33. The van der Waals surface area contributed by atoms with Crippen LogP contribution < -0.4 is 26.2 Å². The highest BCUT2D eigenvalue weighted by Crippen LogP contribution is 2.48. The van der Waals surface area contributed by atoms with Gasteiger partial charge in [0.25, 0.3) is 6.71 Å². The van der Waals surface area contributed by atoms with E-state index in [0.29, 0.717) is 17.5 Å². The lowest BCUT2D eigenvalue weighted by Gasteiger charge is -2.44. The summed E-state index contributed by atoms with van der Waals surface area (Å²) in [6.07, 6.45) is 0. The molecule has 3 heterocycles. The van der Waals surface area contributed by atoms with Crippen LogP contribution in [-0.4, -0.2) is 21.7 Å². The Morgan fingerprint density at radius 1 is 0.277 bits per heavy atom. The Hall–Kier alpha value is -8.87. The van der Waals surface area contributed by atoms with Crippen LogP contribution in [0.3, 0.4) is 0 Å². The van der Waals surface area contributed by atoms with Crippen molar-refractivity contribution in [2.75, 3.05) is 9.80 Å². The average molecular weight is 1080 g/mol. The maximum Gasteiger partial charge on any atom is 0.252 e. The second-order valence-corrected chi connectivity index (χ2v) is 27.5. The third-order valence-corrected chi connectivity index (χ3v) is 17.5. The Labute approximate surface area is 489 Å². The second kappa shape index (κ2) is 18.8. The van der Waals surface area contributed by atoms with Gasteiger partial charge in [-0.05, 0) is 200 Å². The van der Waals surface area contributed by atoms with Crippen molar-refractivity contribution in [2.45, 2.75) is 105 Å². The number of para-hydroxylation sites is 2. The van der Waals surface area contributed by atoms with Crippen LogP contribution in [0.2, 0.25) is 0 Å². The highest BCUT2D eigenvalue weighted by atomic mass is 15.2. The van der Waals surface area contributed by atoms with Crippen molar-refractivity contribution in [2.24, 2.45) is 0 Å². The molecule has 0 unspecified atom stereocenters. The van der Waals surface area contributed by atoms with Crippen LogP contribution in [0.15, 0.2) is 206 Å². The molecule has 14 rings (SSSR count). The molecule has 83 heavy (non-hydrogen) atoms. The van der Waals surface area contributed by atoms with E-state index in [9.17, 15) is 0 Å². The summed E-state index contributed by atoms with van der Waals surface area (Å²) in [5, 5.41) is 9.73. The molecule has 12 aromatic rings. The predicted octanol–water partition coefficient (Wildman–Crippen LogP) is 18.8. The number of hydrogen-bond donors (Lipinski definition) is 0. The van der Waals surface area contributed by atoms with Crippen molar-refractivity contribution in [1.29, 1.82) is 0 Å². The van der Waals surface area contributed by atoms with Crippen molar-refractivity contribution in [1.82, 2.24) is 15.0 Å². The van der Waals surface area contributed by atoms with Crippen LogP contribution in [0.5, 0.6) is 0 Å². The molecule has 2 aliphatic rings. The molecule has 1 aromatic heterocycles. The molecule has 0 spiro atoms. The van der Waals surface area contributed by atoms with Crippen molar-refractivity contribution in [3.05, 3.63) is 229 Å². The molecule has 2 aliphatic heterocycles. The van der Waals surface area contributed by atoms with Crippen LogP contribution in [-0.2, 0) is 21.7 Å². The Morgan fingerprint density at radius 3 is 0.880 bits per heavy atom. The van der Waals surface area contributed by atoms with E-state index in [1.165, 1.54) is 81.7 Å². The molecular weight excluding hydrogens is 1010 g/mol. The Bertz CT molecular complexity index is 4260. The monoisotopic (exact) mass is 1080 g/mol. The molecule has 0 atom stereocenters. The highest BCUT2D eigenvalue weighted by molar-refractivity contribution is 7.00. The molecule has 0 bridgehead atoms. The van der Waals surface area contributed by atoms with Gasteiger partial charge in [0.15, 0.2) is 17.5 Å². The second-order valence-electron chi connectivity index (χ2n) is 27.5. The number of nitrogens with zero attached hydrogens (tertiary/aromatic N) is 5. The number of hydrogen-bond acceptors (Lipinski definition) is 5. The Kier molecular flexibility index (Phi) is 11.9. The van der Waals surface area contributed by atoms with Gasteiger partial charge in [-0.3, -0.25) is 0 Å². The fourth-order valence-electron chi connectivity index (χ4n) is 12.7. The first-order chi connectivity index (χ1) is 39.6. The summed E-state index contributed by atoms with van der Waals surface area (Å²) in [6, 6.07) is 77.5. The Balaban J connectivity index is 1.12. The lowest BCUT2D eigenvalue weighted by Crippen LogP contribution is -2.61. The third-order valence-electron chi connectivity index (χ3n) is 17.5. The zero-order chi connectivity index (χ0) is 57.5. The fraction of sp³-hybridized carbons (Fsp3) is 0.208. The van der Waals surface area contributed by atoms with Crippen LogP contribution in [0.1, 0.15) is 105 Å². The predicted molar refractivity (Wildman–Crippen MR) is 355 cm³/mol.